The number of rotatable bonds is 6. The van der Waals surface area contributed by atoms with Crippen LogP contribution in [0.15, 0.2) is 62.9 Å². The predicted octanol–water partition coefficient (Wildman–Crippen LogP) is 4.67. The highest BCUT2D eigenvalue weighted by atomic mass is 32.2. The zero-order valence-corrected chi connectivity index (χ0v) is 19.7. The molecule has 10 heteroatoms. The van der Waals surface area contributed by atoms with E-state index in [1.165, 1.54) is 43.2 Å². The van der Waals surface area contributed by atoms with Crippen LogP contribution in [0.4, 0.5) is 4.39 Å². The van der Waals surface area contributed by atoms with Crippen molar-refractivity contribution in [3.63, 3.8) is 0 Å². The van der Waals surface area contributed by atoms with Crippen molar-refractivity contribution in [2.24, 2.45) is 0 Å². The minimum atomic E-state index is -0.312. The summed E-state index contributed by atoms with van der Waals surface area (Å²) in [5.74, 6) is 1.41. The third-order valence-corrected chi connectivity index (χ3v) is 7.16. The van der Waals surface area contributed by atoms with Gasteiger partial charge in [0.15, 0.2) is 11.0 Å². The molecule has 0 amide bonds. The number of hydrogen-bond donors (Lipinski definition) is 1. The van der Waals surface area contributed by atoms with Crippen LogP contribution in [0, 0.1) is 5.82 Å². The Morgan fingerprint density at radius 1 is 1.03 bits per heavy atom. The molecule has 1 saturated heterocycles. The van der Waals surface area contributed by atoms with Crippen molar-refractivity contribution in [2.45, 2.75) is 36.7 Å². The van der Waals surface area contributed by atoms with Crippen LogP contribution in [0.2, 0.25) is 0 Å². The Morgan fingerprint density at radius 3 is 2.66 bits per heavy atom. The minimum absolute atomic E-state index is 0.221. The van der Waals surface area contributed by atoms with Crippen LogP contribution in [-0.2, 0) is 12.3 Å². The smallest absolute Gasteiger partial charge is 0.294 e. The Bertz CT molecular complexity index is 1550. The van der Waals surface area contributed by atoms with Crippen LogP contribution in [0.1, 0.15) is 30.9 Å². The lowest BCUT2D eigenvalue weighted by molar-refractivity contribution is 0.214. The van der Waals surface area contributed by atoms with Gasteiger partial charge in [-0.3, -0.25) is 14.3 Å². The fraction of sp³-hybridized carbons (Fsp3) is 0.280. The zero-order chi connectivity index (χ0) is 23.8. The molecule has 3 aromatic heterocycles. The maximum absolute atomic E-state index is 13.6. The Kier molecular flexibility index (Phi) is 5.83. The van der Waals surface area contributed by atoms with Gasteiger partial charge in [-0.25, -0.2) is 9.37 Å². The standard InChI is InChI=1S/C25H23FN6O2S/c26-16-8-10-17(11-9-16)32-21(14-31-12-4-1-5-13-31)29-30-25(32)35-15-20-27-22-18-6-2-3-7-19(18)34-23(22)24(33)28-20/h2-3,6-11H,1,4-5,12-15H2,(H,27,28,33). The van der Waals surface area contributed by atoms with Gasteiger partial charge >= 0.3 is 0 Å². The van der Waals surface area contributed by atoms with Crippen LogP contribution in [-0.4, -0.2) is 42.7 Å². The van der Waals surface area contributed by atoms with Crippen molar-refractivity contribution < 1.29 is 8.81 Å². The average molecular weight is 491 g/mol. The number of aromatic nitrogens is 5. The SMILES string of the molecule is O=c1[nH]c(CSc2nnc(CN3CCCCC3)n2-c2ccc(F)cc2)nc2c1oc1ccccc12. The summed E-state index contributed by atoms with van der Waals surface area (Å²) in [5.41, 5.74) is 1.88. The molecular weight excluding hydrogens is 467 g/mol. The molecule has 0 radical (unpaired) electrons. The van der Waals surface area contributed by atoms with Crippen LogP contribution in [0.5, 0.6) is 0 Å². The molecule has 0 unspecified atom stereocenters. The van der Waals surface area contributed by atoms with Crippen LogP contribution in [0.3, 0.4) is 0 Å². The van der Waals surface area contributed by atoms with Crippen molar-refractivity contribution in [3.05, 3.63) is 76.4 Å². The second-order valence-electron chi connectivity index (χ2n) is 8.62. The molecule has 178 valence electrons. The highest BCUT2D eigenvalue weighted by molar-refractivity contribution is 7.98. The second kappa shape index (κ2) is 9.27. The summed E-state index contributed by atoms with van der Waals surface area (Å²) < 4.78 is 21.3. The Labute approximate surface area is 204 Å². The lowest BCUT2D eigenvalue weighted by atomic mass is 10.1. The molecule has 0 saturated carbocycles. The van der Waals surface area contributed by atoms with Gasteiger partial charge in [-0.1, -0.05) is 30.3 Å². The topological polar surface area (TPSA) is 92.8 Å². The maximum Gasteiger partial charge on any atom is 0.294 e. The van der Waals surface area contributed by atoms with Gasteiger partial charge in [0.05, 0.1) is 12.3 Å². The quantitative estimate of drug-likeness (QED) is 0.346. The Hall–Kier alpha value is -3.50. The summed E-state index contributed by atoms with van der Waals surface area (Å²) in [4.78, 5) is 22.5. The Balaban J connectivity index is 1.32. The summed E-state index contributed by atoms with van der Waals surface area (Å²) in [6, 6.07) is 13.8. The predicted molar refractivity (Wildman–Crippen MR) is 132 cm³/mol. The fourth-order valence-electron chi connectivity index (χ4n) is 4.51. The molecule has 6 rings (SSSR count). The normalized spacial score (nSPS) is 14.8. The van der Waals surface area contributed by atoms with Crippen LogP contribution < -0.4 is 5.56 Å². The number of nitrogens with one attached hydrogen (secondary N) is 1. The van der Waals surface area contributed by atoms with E-state index in [4.69, 9.17) is 4.42 Å². The Morgan fingerprint density at radius 2 is 1.83 bits per heavy atom. The van der Waals surface area contributed by atoms with E-state index in [2.05, 4.69) is 25.1 Å². The average Bonchev–Trinajstić information content (AvgIpc) is 3.46. The third-order valence-electron chi connectivity index (χ3n) is 6.22. The molecule has 0 spiro atoms. The summed E-state index contributed by atoms with van der Waals surface area (Å²) >= 11 is 1.42. The number of furan rings is 1. The molecule has 1 aliphatic heterocycles. The van der Waals surface area contributed by atoms with E-state index in [1.54, 1.807) is 12.1 Å². The summed E-state index contributed by atoms with van der Waals surface area (Å²) in [7, 11) is 0. The first-order chi connectivity index (χ1) is 17.2. The molecule has 1 aliphatic rings. The molecule has 8 nitrogen and oxygen atoms in total. The fourth-order valence-corrected chi connectivity index (χ4v) is 5.35. The van der Waals surface area contributed by atoms with Gasteiger partial charge < -0.3 is 9.40 Å². The molecule has 0 bridgehead atoms. The second-order valence-corrected chi connectivity index (χ2v) is 9.57. The number of hydrogen-bond acceptors (Lipinski definition) is 7. The number of piperidine rings is 1. The number of likely N-dealkylation sites (tertiary alicyclic amines) is 1. The molecule has 0 atom stereocenters. The van der Waals surface area contributed by atoms with Gasteiger partial charge in [0.25, 0.3) is 5.56 Å². The van der Waals surface area contributed by atoms with Gasteiger partial charge in [-0.05, 0) is 62.3 Å². The van der Waals surface area contributed by atoms with Crippen molar-refractivity contribution >= 4 is 33.8 Å². The van der Waals surface area contributed by atoms with Gasteiger partial charge in [-0.15, -0.1) is 10.2 Å². The van der Waals surface area contributed by atoms with E-state index < -0.39 is 0 Å². The van der Waals surface area contributed by atoms with E-state index in [1.807, 2.05) is 28.8 Å². The van der Waals surface area contributed by atoms with Crippen molar-refractivity contribution in [1.29, 1.82) is 0 Å². The molecule has 5 aromatic rings. The van der Waals surface area contributed by atoms with Gasteiger partial charge in [-0.2, -0.15) is 0 Å². The highest BCUT2D eigenvalue weighted by Gasteiger charge is 2.20. The van der Waals surface area contributed by atoms with E-state index in [9.17, 15) is 9.18 Å². The molecule has 1 fully saturated rings. The minimum Gasteiger partial charge on any atom is -0.449 e. The number of fused-ring (bicyclic) bond motifs is 3. The first-order valence-corrected chi connectivity index (χ1v) is 12.6. The van der Waals surface area contributed by atoms with E-state index >= 15 is 0 Å². The van der Waals surface area contributed by atoms with E-state index in [0.29, 0.717) is 34.4 Å². The number of nitrogens with zero attached hydrogens (tertiary/aromatic N) is 5. The first kappa shape index (κ1) is 22.0. The van der Waals surface area contributed by atoms with E-state index in [0.717, 1.165) is 30.0 Å². The number of halogens is 1. The zero-order valence-electron chi connectivity index (χ0n) is 18.9. The molecule has 1 N–H and O–H groups in total. The maximum atomic E-state index is 13.6. The lowest BCUT2D eigenvalue weighted by Crippen LogP contribution is -2.30. The molecule has 2 aromatic carbocycles. The summed E-state index contributed by atoms with van der Waals surface area (Å²) in [6.07, 6.45) is 3.61. The molecular formula is C25H23FN6O2S. The largest absolute Gasteiger partial charge is 0.449 e. The van der Waals surface area contributed by atoms with Crippen molar-refractivity contribution in [1.82, 2.24) is 29.6 Å². The number of thioether (sulfide) groups is 1. The third kappa shape index (κ3) is 4.35. The monoisotopic (exact) mass is 490 g/mol. The van der Waals surface area contributed by atoms with Crippen molar-refractivity contribution in [3.8, 4) is 5.69 Å². The number of H-pyrrole nitrogens is 1. The summed E-state index contributed by atoms with van der Waals surface area (Å²) in [5, 5.41) is 10.4. The summed E-state index contributed by atoms with van der Waals surface area (Å²) in [6.45, 7) is 2.73. The number of benzene rings is 2. The lowest BCUT2D eigenvalue weighted by Gasteiger charge is -2.26. The van der Waals surface area contributed by atoms with E-state index in [-0.39, 0.29) is 17.0 Å². The first-order valence-electron chi connectivity index (χ1n) is 11.6. The van der Waals surface area contributed by atoms with Gasteiger partial charge in [0, 0.05) is 11.1 Å². The molecule has 35 heavy (non-hydrogen) atoms. The van der Waals surface area contributed by atoms with Crippen molar-refractivity contribution in [2.75, 3.05) is 13.1 Å². The molecule has 4 heterocycles. The highest BCUT2D eigenvalue weighted by Crippen LogP contribution is 2.28. The van der Waals surface area contributed by atoms with Crippen LogP contribution >= 0.6 is 11.8 Å². The number of aromatic amines is 1. The van der Waals surface area contributed by atoms with Crippen LogP contribution in [0.25, 0.3) is 27.8 Å². The van der Waals surface area contributed by atoms with Gasteiger partial charge in [0.1, 0.15) is 22.7 Å². The van der Waals surface area contributed by atoms with Gasteiger partial charge in [0.2, 0.25) is 5.58 Å². The molecule has 0 aliphatic carbocycles. The number of para-hydroxylation sites is 1.